The van der Waals surface area contributed by atoms with Crippen molar-refractivity contribution >= 4 is 23.2 Å². The van der Waals surface area contributed by atoms with E-state index < -0.39 is 5.82 Å². The van der Waals surface area contributed by atoms with Gasteiger partial charge < -0.3 is 4.90 Å². The molecule has 0 aliphatic rings. The summed E-state index contributed by atoms with van der Waals surface area (Å²) in [7, 11) is 0. The second kappa shape index (κ2) is 5.80. The van der Waals surface area contributed by atoms with Gasteiger partial charge in [-0.05, 0) is 25.1 Å². The Hall–Kier alpha value is -1.94. The molecular formula is C14H12ClFN2O. The second-order valence-electron chi connectivity index (χ2n) is 3.86. The number of amides is 1. The first-order valence-corrected chi connectivity index (χ1v) is 6.19. The van der Waals surface area contributed by atoms with Crippen molar-refractivity contribution < 1.29 is 9.18 Å². The van der Waals surface area contributed by atoms with Crippen molar-refractivity contribution in [2.45, 2.75) is 6.92 Å². The van der Waals surface area contributed by atoms with Crippen molar-refractivity contribution in [3.63, 3.8) is 0 Å². The lowest BCUT2D eigenvalue weighted by molar-refractivity contribution is 0.0987. The molecular weight excluding hydrogens is 267 g/mol. The van der Waals surface area contributed by atoms with Gasteiger partial charge in [0.2, 0.25) is 0 Å². The van der Waals surface area contributed by atoms with E-state index >= 15 is 0 Å². The van der Waals surface area contributed by atoms with Gasteiger partial charge in [-0.15, -0.1) is 0 Å². The van der Waals surface area contributed by atoms with Crippen molar-refractivity contribution in [1.82, 2.24) is 4.98 Å². The third kappa shape index (κ3) is 2.74. The summed E-state index contributed by atoms with van der Waals surface area (Å²) in [4.78, 5) is 17.6. The Kier molecular flexibility index (Phi) is 4.12. The molecule has 0 radical (unpaired) electrons. The van der Waals surface area contributed by atoms with Crippen LogP contribution in [-0.2, 0) is 0 Å². The molecule has 0 saturated carbocycles. The highest BCUT2D eigenvalue weighted by Gasteiger charge is 2.20. The van der Waals surface area contributed by atoms with Crippen molar-refractivity contribution in [2.75, 3.05) is 11.4 Å². The number of carbonyl (C=O) groups excluding carboxylic acids is 1. The van der Waals surface area contributed by atoms with E-state index in [0.29, 0.717) is 12.1 Å². The Morgan fingerprint density at radius 1 is 1.37 bits per heavy atom. The number of hydrogen-bond acceptors (Lipinski definition) is 2. The van der Waals surface area contributed by atoms with Crippen LogP contribution in [0.5, 0.6) is 0 Å². The zero-order chi connectivity index (χ0) is 13.8. The normalized spacial score (nSPS) is 10.3. The summed E-state index contributed by atoms with van der Waals surface area (Å²) in [5, 5.41) is 0.252. The Balaban J connectivity index is 2.41. The molecule has 0 unspecified atom stereocenters. The lowest BCUT2D eigenvalue weighted by atomic mass is 10.2. The van der Waals surface area contributed by atoms with E-state index in [1.807, 2.05) is 0 Å². The number of para-hydroxylation sites is 1. The van der Waals surface area contributed by atoms with Crippen molar-refractivity contribution in [1.29, 1.82) is 0 Å². The fraction of sp³-hybridized carbons (Fsp3) is 0.143. The molecule has 1 amide bonds. The van der Waals surface area contributed by atoms with Crippen LogP contribution in [0.25, 0.3) is 0 Å². The van der Waals surface area contributed by atoms with E-state index in [-0.39, 0.29) is 16.6 Å². The fourth-order valence-electron chi connectivity index (χ4n) is 1.79. The minimum atomic E-state index is -0.442. The van der Waals surface area contributed by atoms with Crippen molar-refractivity contribution in [2.24, 2.45) is 0 Å². The van der Waals surface area contributed by atoms with Gasteiger partial charge in [-0.1, -0.05) is 23.7 Å². The van der Waals surface area contributed by atoms with Gasteiger partial charge in [0.25, 0.3) is 5.91 Å². The first-order valence-electron chi connectivity index (χ1n) is 5.81. The van der Waals surface area contributed by atoms with E-state index in [1.165, 1.54) is 29.4 Å². The van der Waals surface area contributed by atoms with Gasteiger partial charge >= 0.3 is 0 Å². The predicted octanol–water partition coefficient (Wildman–Crippen LogP) is 3.54. The molecule has 0 aliphatic carbocycles. The molecule has 1 aromatic heterocycles. The molecule has 5 heteroatoms. The molecule has 98 valence electrons. The maximum atomic E-state index is 13.8. The third-order valence-corrected chi connectivity index (χ3v) is 3.01. The zero-order valence-electron chi connectivity index (χ0n) is 10.3. The van der Waals surface area contributed by atoms with Gasteiger partial charge in [-0.2, -0.15) is 0 Å². The maximum Gasteiger partial charge on any atom is 0.259 e. The first-order chi connectivity index (χ1) is 9.15. The molecule has 0 N–H and O–H groups in total. The lowest BCUT2D eigenvalue weighted by Crippen LogP contribution is -2.31. The number of aromatic nitrogens is 1. The largest absolute Gasteiger partial charge is 0.306 e. The monoisotopic (exact) mass is 278 g/mol. The number of carbonyl (C=O) groups is 1. The number of anilines is 1. The van der Waals surface area contributed by atoms with E-state index in [0.717, 1.165) is 0 Å². The van der Waals surface area contributed by atoms with E-state index in [9.17, 15) is 9.18 Å². The minimum absolute atomic E-state index is 0.239. The molecule has 3 nitrogen and oxygen atoms in total. The smallest absolute Gasteiger partial charge is 0.259 e. The predicted molar refractivity (Wildman–Crippen MR) is 73.0 cm³/mol. The average molecular weight is 279 g/mol. The topological polar surface area (TPSA) is 33.2 Å². The molecule has 0 aliphatic heterocycles. The van der Waals surface area contributed by atoms with Crippen molar-refractivity contribution in [3.05, 3.63) is 59.1 Å². The quantitative estimate of drug-likeness (QED) is 0.860. The second-order valence-corrected chi connectivity index (χ2v) is 4.26. The summed E-state index contributed by atoms with van der Waals surface area (Å²) in [5.41, 5.74) is 0.546. The summed E-state index contributed by atoms with van der Waals surface area (Å²) in [6, 6.07) is 7.67. The summed E-state index contributed by atoms with van der Waals surface area (Å²) in [6.45, 7) is 2.12. The summed E-state index contributed by atoms with van der Waals surface area (Å²) < 4.78 is 13.8. The highest BCUT2D eigenvalue weighted by atomic mass is 35.5. The fourth-order valence-corrected chi connectivity index (χ4v) is 1.99. The van der Waals surface area contributed by atoms with Gasteiger partial charge in [0, 0.05) is 18.9 Å². The van der Waals surface area contributed by atoms with Gasteiger partial charge in [-0.25, -0.2) is 4.39 Å². The Morgan fingerprint density at radius 3 is 2.74 bits per heavy atom. The average Bonchev–Trinajstić information content (AvgIpc) is 2.42. The van der Waals surface area contributed by atoms with E-state index in [4.69, 9.17) is 11.6 Å². The lowest BCUT2D eigenvalue weighted by Gasteiger charge is -2.21. The highest BCUT2D eigenvalue weighted by molar-refractivity contribution is 6.34. The van der Waals surface area contributed by atoms with Gasteiger partial charge in [0.15, 0.2) is 0 Å². The van der Waals surface area contributed by atoms with Crippen LogP contribution < -0.4 is 4.90 Å². The Labute approximate surface area is 115 Å². The van der Waals surface area contributed by atoms with Crippen LogP contribution in [0.15, 0.2) is 42.7 Å². The summed E-state index contributed by atoms with van der Waals surface area (Å²) in [5.74, 6) is -0.789. The molecule has 2 aromatic rings. The number of nitrogens with zero attached hydrogens (tertiary/aromatic N) is 2. The molecule has 2 rings (SSSR count). The van der Waals surface area contributed by atoms with Gasteiger partial charge in [-0.3, -0.25) is 9.78 Å². The van der Waals surface area contributed by atoms with Gasteiger partial charge in [0.05, 0.1) is 16.3 Å². The van der Waals surface area contributed by atoms with Crippen LogP contribution in [0.2, 0.25) is 5.02 Å². The van der Waals surface area contributed by atoms with Gasteiger partial charge in [0.1, 0.15) is 5.82 Å². The van der Waals surface area contributed by atoms with Crippen LogP contribution in [0.1, 0.15) is 17.3 Å². The molecule has 1 heterocycles. The van der Waals surface area contributed by atoms with Crippen molar-refractivity contribution in [3.8, 4) is 0 Å². The Morgan fingerprint density at radius 2 is 2.11 bits per heavy atom. The standard InChI is InChI=1S/C14H12ClFN2O/c1-2-18(13-6-4-3-5-12(13)16)14(19)10-7-8-17-9-11(10)15/h3-9H,2H2,1H3. The zero-order valence-corrected chi connectivity index (χ0v) is 11.1. The van der Waals surface area contributed by atoms with Crippen LogP contribution in [-0.4, -0.2) is 17.4 Å². The highest BCUT2D eigenvalue weighted by Crippen LogP contribution is 2.23. The van der Waals surface area contributed by atoms with Crippen LogP contribution >= 0.6 is 11.6 Å². The van der Waals surface area contributed by atoms with Crippen LogP contribution in [0.4, 0.5) is 10.1 Å². The molecule has 0 fully saturated rings. The molecule has 0 atom stereocenters. The minimum Gasteiger partial charge on any atom is -0.306 e. The van der Waals surface area contributed by atoms with E-state index in [2.05, 4.69) is 4.98 Å². The third-order valence-electron chi connectivity index (χ3n) is 2.71. The maximum absolute atomic E-state index is 13.8. The Bertz CT molecular complexity index is 604. The summed E-state index contributed by atoms with van der Waals surface area (Å²) in [6.07, 6.45) is 2.87. The number of pyridine rings is 1. The number of hydrogen-bond donors (Lipinski definition) is 0. The molecule has 1 aromatic carbocycles. The number of benzene rings is 1. The molecule has 0 saturated heterocycles. The molecule has 0 spiro atoms. The summed E-state index contributed by atoms with van der Waals surface area (Å²) >= 11 is 5.94. The first kappa shape index (κ1) is 13.5. The van der Waals surface area contributed by atoms with Crippen LogP contribution in [0.3, 0.4) is 0 Å². The van der Waals surface area contributed by atoms with E-state index in [1.54, 1.807) is 25.1 Å². The molecule has 0 bridgehead atoms. The number of rotatable bonds is 3. The SMILES string of the molecule is CCN(C(=O)c1ccncc1Cl)c1ccccc1F. The molecule has 19 heavy (non-hydrogen) atoms. The number of halogens is 2. The van der Waals surface area contributed by atoms with Crippen LogP contribution in [0, 0.1) is 5.82 Å².